The lowest BCUT2D eigenvalue weighted by molar-refractivity contribution is -0.128. The van der Waals surface area contributed by atoms with Crippen LogP contribution < -0.4 is 5.32 Å². The summed E-state index contributed by atoms with van der Waals surface area (Å²) in [5, 5.41) is 3.15. The number of nitrogens with zero attached hydrogens (tertiary/aromatic N) is 2. The van der Waals surface area contributed by atoms with Crippen LogP contribution in [-0.4, -0.2) is 41.2 Å². The van der Waals surface area contributed by atoms with Crippen molar-refractivity contribution in [3.63, 3.8) is 0 Å². The summed E-state index contributed by atoms with van der Waals surface area (Å²) in [5.41, 5.74) is 3.56. The lowest BCUT2D eigenvalue weighted by atomic mass is 9.95. The van der Waals surface area contributed by atoms with Gasteiger partial charge in [-0.05, 0) is 49.0 Å². The Morgan fingerprint density at radius 3 is 2.30 bits per heavy atom. The van der Waals surface area contributed by atoms with E-state index < -0.39 is 0 Å². The van der Waals surface area contributed by atoms with Gasteiger partial charge in [-0.15, -0.1) is 0 Å². The molecule has 2 amide bonds. The summed E-state index contributed by atoms with van der Waals surface area (Å²) in [4.78, 5) is 29.1. The third-order valence-electron chi connectivity index (χ3n) is 6.31. The third-order valence-corrected chi connectivity index (χ3v) is 6.31. The molecule has 2 aliphatic heterocycles. The van der Waals surface area contributed by atoms with Crippen molar-refractivity contribution in [2.45, 2.75) is 45.3 Å². The fourth-order valence-electron chi connectivity index (χ4n) is 4.48. The van der Waals surface area contributed by atoms with Crippen LogP contribution in [0.3, 0.4) is 0 Å². The van der Waals surface area contributed by atoms with Gasteiger partial charge in [0.25, 0.3) is 0 Å². The maximum absolute atomic E-state index is 12.8. The minimum Gasteiger partial charge on any atom is -0.352 e. The quantitative estimate of drug-likeness (QED) is 0.769. The van der Waals surface area contributed by atoms with Gasteiger partial charge in [-0.25, -0.2) is 0 Å². The molecule has 2 aliphatic rings. The summed E-state index contributed by atoms with van der Waals surface area (Å²) in [6, 6.07) is 18.6. The molecule has 0 bridgehead atoms. The van der Waals surface area contributed by atoms with Crippen molar-refractivity contribution in [2.24, 2.45) is 5.92 Å². The molecule has 0 spiro atoms. The Morgan fingerprint density at radius 2 is 1.60 bits per heavy atom. The first-order valence-electron chi connectivity index (χ1n) is 11.1. The van der Waals surface area contributed by atoms with Crippen LogP contribution in [0.5, 0.6) is 0 Å². The van der Waals surface area contributed by atoms with E-state index >= 15 is 0 Å². The molecule has 0 aliphatic carbocycles. The summed E-state index contributed by atoms with van der Waals surface area (Å²) in [6.45, 7) is 4.88. The van der Waals surface area contributed by atoms with E-state index in [1.54, 1.807) is 0 Å². The number of benzene rings is 2. The fraction of sp³-hybridized carbons (Fsp3) is 0.440. The first-order chi connectivity index (χ1) is 14.7. The molecule has 2 aromatic rings. The topological polar surface area (TPSA) is 52.7 Å². The molecule has 0 saturated carbocycles. The SMILES string of the molecule is O=C(NCc1ccccc1CN1CCCC1=O)C1CCN(Cc2ccccc2)CC1. The number of rotatable bonds is 7. The van der Waals surface area contributed by atoms with E-state index in [1.165, 1.54) is 5.56 Å². The Hall–Kier alpha value is -2.66. The zero-order valence-corrected chi connectivity index (χ0v) is 17.6. The van der Waals surface area contributed by atoms with Gasteiger partial charge in [-0.2, -0.15) is 0 Å². The molecule has 0 radical (unpaired) electrons. The normalized spacial score (nSPS) is 18.0. The highest BCUT2D eigenvalue weighted by Crippen LogP contribution is 2.20. The predicted octanol–water partition coefficient (Wildman–Crippen LogP) is 3.34. The number of carbonyl (C=O) groups excluding carboxylic acids is 2. The van der Waals surface area contributed by atoms with E-state index in [1.807, 2.05) is 23.1 Å². The van der Waals surface area contributed by atoms with Crippen molar-refractivity contribution in [3.8, 4) is 0 Å². The third kappa shape index (κ3) is 5.28. The van der Waals surface area contributed by atoms with Gasteiger partial charge in [0.15, 0.2) is 0 Å². The van der Waals surface area contributed by atoms with Gasteiger partial charge in [0.2, 0.25) is 11.8 Å². The summed E-state index contributed by atoms with van der Waals surface area (Å²) >= 11 is 0. The van der Waals surface area contributed by atoms with Gasteiger partial charge in [0, 0.05) is 38.5 Å². The van der Waals surface area contributed by atoms with Crippen LogP contribution in [0.2, 0.25) is 0 Å². The van der Waals surface area contributed by atoms with Crippen LogP contribution in [0.1, 0.15) is 42.4 Å². The molecule has 2 saturated heterocycles. The van der Waals surface area contributed by atoms with E-state index in [9.17, 15) is 9.59 Å². The van der Waals surface area contributed by atoms with Crippen molar-refractivity contribution in [2.75, 3.05) is 19.6 Å². The van der Waals surface area contributed by atoms with Crippen LogP contribution in [0, 0.1) is 5.92 Å². The molecule has 2 heterocycles. The Balaban J connectivity index is 1.26. The summed E-state index contributed by atoms with van der Waals surface area (Å²) in [5.74, 6) is 0.474. The average molecular weight is 406 g/mol. The Morgan fingerprint density at radius 1 is 0.900 bits per heavy atom. The molecule has 1 N–H and O–H groups in total. The molecule has 0 atom stereocenters. The monoisotopic (exact) mass is 405 g/mol. The molecular formula is C25H31N3O2. The van der Waals surface area contributed by atoms with Gasteiger partial charge < -0.3 is 10.2 Å². The molecule has 30 heavy (non-hydrogen) atoms. The minimum atomic E-state index is 0.0874. The second-order valence-corrected chi connectivity index (χ2v) is 8.44. The van der Waals surface area contributed by atoms with Crippen LogP contribution in [-0.2, 0) is 29.2 Å². The van der Waals surface area contributed by atoms with Crippen molar-refractivity contribution < 1.29 is 9.59 Å². The van der Waals surface area contributed by atoms with E-state index in [2.05, 4.69) is 46.6 Å². The minimum absolute atomic E-state index is 0.0874. The molecule has 0 aromatic heterocycles. The van der Waals surface area contributed by atoms with Gasteiger partial charge in [-0.1, -0.05) is 54.6 Å². The van der Waals surface area contributed by atoms with Gasteiger partial charge in [0.1, 0.15) is 0 Å². The molecular weight excluding hydrogens is 374 g/mol. The second kappa shape index (κ2) is 9.90. The van der Waals surface area contributed by atoms with Crippen LogP contribution in [0.4, 0.5) is 0 Å². The van der Waals surface area contributed by atoms with Gasteiger partial charge in [-0.3, -0.25) is 14.5 Å². The van der Waals surface area contributed by atoms with Gasteiger partial charge in [0.05, 0.1) is 0 Å². The molecule has 158 valence electrons. The van der Waals surface area contributed by atoms with E-state index in [4.69, 9.17) is 0 Å². The highest BCUT2D eigenvalue weighted by molar-refractivity contribution is 5.79. The van der Waals surface area contributed by atoms with Crippen LogP contribution >= 0.6 is 0 Å². The number of nitrogens with one attached hydrogen (secondary N) is 1. The summed E-state index contributed by atoms with van der Waals surface area (Å²) in [6.07, 6.45) is 3.41. The Kier molecular flexibility index (Phi) is 6.80. The number of hydrogen-bond donors (Lipinski definition) is 1. The summed E-state index contributed by atoms with van der Waals surface area (Å²) in [7, 11) is 0. The molecule has 2 aromatic carbocycles. The zero-order valence-electron chi connectivity index (χ0n) is 17.6. The maximum Gasteiger partial charge on any atom is 0.223 e. The fourth-order valence-corrected chi connectivity index (χ4v) is 4.48. The zero-order chi connectivity index (χ0) is 20.8. The van der Waals surface area contributed by atoms with E-state index in [0.717, 1.165) is 56.6 Å². The van der Waals surface area contributed by atoms with Crippen molar-refractivity contribution in [1.82, 2.24) is 15.1 Å². The van der Waals surface area contributed by atoms with Crippen molar-refractivity contribution in [1.29, 1.82) is 0 Å². The number of likely N-dealkylation sites (tertiary alicyclic amines) is 2. The lowest BCUT2D eigenvalue weighted by Gasteiger charge is -2.31. The smallest absolute Gasteiger partial charge is 0.223 e. The molecule has 5 heteroatoms. The highest BCUT2D eigenvalue weighted by Gasteiger charge is 2.25. The van der Waals surface area contributed by atoms with Crippen LogP contribution in [0.15, 0.2) is 54.6 Å². The first kappa shape index (κ1) is 20.6. The van der Waals surface area contributed by atoms with E-state index in [-0.39, 0.29) is 17.7 Å². The van der Waals surface area contributed by atoms with E-state index in [0.29, 0.717) is 19.5 Å². The number of amides is 2. The Labute approximate surface area is 179 Å². The number of carbonyl (C=O) groups is 2. The predicted molar refractivity (Wildman–Crippen MR) is 117 cm³/mol. The molecule has 5 nitrogen and oxygen atoms in total. The molecule has 0 unspecified atom stereocenters. The first-order valence-corrected chi connectivity index (χ1v) is 11.1. The van der Waals surface area contributed by atoms with Crippen molar-refractivity contribution in [3.05, 3.63) is 71.3 Å². The van der Waals surface area contributed by atoms with Crippen LogP contribution in [0.25, 0.3) is 0 Å². The lowest BCUT2D eigenvalue weighted by Crippen LogP contribution is -2.40. The second-order valence-electron chi connectivity index (χ2n) is 8.44. The average Bonchev–Trinajstić information content (AvgIpc) is 3.18. The maximum atomic E-state index is 12.8. The Bertz CT molecular complexity index is 860. The highest BCUT2D eigenvalue weighted by atomic mass is 16.2. The standard InChI is InChI=1S/C25H31N3O2/c29-24-11-6-14-28(24)19-23-10-5-4-9-22(23)17-26-25(30)21-12-15-27(16-13-21)18-20-7-2-1-3-8-20/h1-5,7-10,21H,6,11-19H2,(H,26,30). The number of piperidine rings is 1. The largest absolute Gasteiger partial charge is 0.352 e. The molecule has 4 rings (SSSR count). The summed E-state index contributed by atoms with van der Waals surface area (Å²) < 4.78 is 0. The number of hydrogen-bond acceptors (Lipinski definition) is 3. The van der Waals surface area contributed by atoms with Gasteiger partial charge >= 0.3 is 0 Å². The molecule has 2 fully saturated rings. The van der Waals surface area contributed by atoms with Crippen molar-refractivity contribution >= 4 is 11.8 Å².